The van der Waals surface area contributed by atoms with E-state index in [0.717, 1.165) is 17.7 Å². The SMILES string of the molecule is CCO.c1ccc(-c2ccc(C3NC4CCC3CC4)cn2)cc1. The van der Waals surface area contributed by atoms with E-state index in [-0.39, 0.29) is 6.61 Å². The molecule has 1 unspecified atom stereocenters. The molecule has 1 atom stereocenters. The lowest BCUT2D eigenvalue weighted by Crippen LogP contribution is -2.46. The van der Waals surface area contributed by atoms with Gasteiger partial charge >= 0.3 is 0 Å². The molecule has 2 saturated heterocycles. The maximum Gasteiger partial charge on any atom is 0.0702 e. The van der Waals surface area contributed by atoms with Crippen LogP contribution in [0, 0.1) is 5.92 Å². The molecule has 23 heavy (non-hydrogen) atoms. The number of pyridine rings is 1. The first-order valence-corrected chi connectivity index (χ1v) is 8.70. The van der Waals surface area contributed by atoms with Crippen LogP contribution >= 0.6 is 0 Å². The second kappa shape index (κ2) is 7.71. The van der Waals surface area contributed by atoms with Crippen molar-refractivity contribution in [2.45, 2.75) is 44.7 Å². The molecule has 1 saturated carbocycles. The number of nitrogens with one attached hydrogen (secondary N) is 1. The highest BCUT2D eigenvalue weighted by atomic mass is 16.2. The van der Waals surface area contributed by atoms with E-state index in [1.165, 1.54) is 36.8 Å². The smallest absolute Gasteiger partial charge is 0.0702 e. The third-order valence-electron chi connectivity index (χ3n) is 4.87. The van der Waals surface area contributed by atoms with Gasteiger partial charge in [-0.3, -0.25) is 4.98 Å². The first-order valence-electron chi connectivity index (χ1n) is 8.70. The Morgan fingerprint density at radius 2 is 1.74 bits per heavy atom. The molecule has 3 aliphatic rings. The Bertz CT molecular complexity index is 589. The molecule has 5 rings (SSSR count). The maximum absolute atomic E-state index is 7.57. The number of piperidine rings is 2. The van der Waals surface area contributed by atoms with Crippen LogP contribution in [0.5, 0.6) is 0 Å². The maximum atomic E-state index is 7.57. The van der Waals surface area contributed by atoms with Gasteiger partial charge in [0.1, 0.15) is 0 Å². The highest BCUT2D eigenvalue weighted by molar-refractivity contribution is 5.58. The van der Waals surface area contributed by atoms with Crippen molar-refractivity contribution in [3.05, 3.63) is 54.2 Å². The summed E-state index contributed by atoms with van der Waals surface area (Å²) in [5, 5.41) is 11.4. The largest absolute Gasteiger partial charge is 0.397 e. The van der Waals surface area contributed by atoms with Crippen LogP contribution in [-0.2, 0) is 0 Å². The standard InChI is InChI=1S/C18H20N2.C2H6O/c1-2-4-13(5-3-1)17-11-8-15(12-19-17)18-14-6-9-16(20-18)10-7-14;1-2-3/h1-5,8,11-12,14,16,18,20H,6-7,9-10H2;3H,2H2,1H3. The zero-order valence-electron chi connectivity index (χ0n) is 13.8. The summed E-state index contributed by atoms with van der Waals surface area (Å²) in [5.74, 6) is 0.810. The van der Waals surface area contributed by atoms with Gasteiger partial charge < -0.3 is 10.4 Å². The van der Waals surface area contributed by atoms with Gasteiger partial charge in [0.15, 0.2) is 0 Å². The van der Waals surface area contributed by atoms with Crippen molar-refractivity contribution in [1.82, 2.24) is 10.3 Å². The van der Waals surface area contributed by atoms with Crippen LogP contribution in [-0.4, -0.2) is 22.7 Å². The van der Waals surface area contributed by atoms with Gasteiger partial charge in [-0.1, -0.05) is 36.4 Å². The van der Waals surface area contributed by atoms with Gasteiger partial charge in [-0.05, 0) is 50.2 Å². The van der Waals surface area contributed by atoms with Crippen LogP contribution in [0.15, 0.2) is 48.7 Å². The van der Waals surface area contributed by atoms with Gasteiger partial charge in [0, 0.05) is 30.5 Å². The highest BCUT2D eigenvalue weighted by Gasteiger charge is 2.35. The van der Waals surface area contributed by atoms with Crippen molar-refractivity contribution in [3.63, 3.8) is 0 Å². The molecule has 2 N–H and O–H groups in total. The second-order valence-corrected chi connectivity index (χ2v) is 6.42. The summed E-state index contributed by atoms with van der Waals surface area (Å²) in [5.41, 5.74) is 3.62. The average molecular weight is 310 g/mol. The molecular formula is C20H26N2O. The van der Waals surface area contributed by atoms with Crippen molar-refractivity contribution in [2.75, 3.05) is 6.61 Å². The lowest BCUT2D eigenvalue weighted by molar-refractivity contribution is 0.149. The fourth-order valence-electron chi connectivity index (χ4n) is 3.75. The molecule has 2 aliphatic heterocycles. The molecule has 2 bridgehead atoms. The summed E-state index contributed by atoms with van der Waals surface area (Å²) in [6.07, 6.45) is 7.54. The van der Waals surface area contributed by atoms with Crippen LogP contribution in [0.1, 0.15) is 44.2 Å². The van der Waals surface area contributed by atoms with Gasteiger partial charge in [0.2, 0.25) is 0 Å². The zero-order chi connectivity index (χ0) is 16.1. The predicted octanol–water partition coefficient (Wildman–Crippen LogP) is 3.95. The Balaban J connectivity index is 0.000000485. The first-order chi connectivity index (χ1) is 11.3. The zero-order valence-corrected chi connectivity index (χ0v) is 13.8. The molecule has 3 nitrogen and oxygen atoms in total. The fraction of sp³-hybridized carbons (Fsp3) is 0.450. The minimum Gasteiger partial charge on any atom is -0.397 e. The fourth-order valence-corrected chi connectivity index (χ4v) is 3.75. The van der Waals surface area contributed by atoms with Gasteiger partial charge in [-0.15, -0.1) is 0 Å². The average Bonchev–Trinajstić information content (AvgIpc) is 2.64. The number of nitrogens with zero attached hydrogens (tertiary/aromatic N) is 1. The van der Waals surface area contributed by atoms with Crippen molar-refractivity contribution >= 4 is 0 Å². The molecule has 3 heterocycles. The number of benzene rings is 1. The van der Waals surface area contributed by atoms with Crippen molar-refractivity contribution in [3.8, 4) is 11.3 Å². The van der Waals surface area contributed by atoms with E-state index >= 15 is 0 Å². The van der Waals surface area contributed by atoms with Crippen molar-refractivity contribution in [2.24, 2.45) is 5.92 Å². The van der Waals surface area contributed by atoms with E-state index in [4.69, 9.17) is 5.11 Å². The molecule has 3 fully saturated rings. The van der Waals surface area contributed by atoms with Crippen LogP contribution in [0.2, 0.25) is 0 Å². The number of aliphatic hydroxyl groups excluding tert-OH is 1. The lowest BCUT2D eigenvalue weighted by atomic mass is 9.74. The number of hydrogen-bond donors (Lipinski definition) is 2. The minimum absolute atomic E-state index is 0.250. The number of aliphatic hydroxyl groups is 1. The summed E-state index contributed by atoms with van der Waals surface area (Å²) in [7, 11) is 0. The van der Waals surface area contributed by atoms with E-state index < -0.39 is 0 Å². The van der Waals surface area contributed by atoms with E-state index in [0.29, 0.717) is 6.04 Å². The Morgan fingerprint density at radius 3 is 2.26 bits per heavy atom. The molecule has 0 radical (unpaired) electrons. The lowest BCUT2D eigenvalue weighted by Gasteiger charge is -2.43. The summed E-state index contributed by atoms with van der Waals surface area (Å²) < 4.78 is 0. The Morgan fingerprint density at radius 1 is 1.04 bits per heavy atom. The molecule has 3 heteroatoms. The van der Waals surface area contributed by atoms with Crippen LogP contribution in [0.3, 0.4) is 0 Å². The van der Waals surface area contributed by atoms with Gasteiger partial charge in [0.05, 0.1) is 5.69 Å². The molecule has 1 aliphatic carbocycles. The summed E-state index contributed by atoms with van der Waals surface area (Å²) in [6, 6.07) is 16.1. The van der Waals surface area contributed by atoms with Crippen LogP contribution in [0.25, 0.3) is 11.3 Å². The Hall–Kier alpha value is -1.71. The predicted molar refractivity (Wildman–Crippen MR) is 94.1 cm³/mol. The van der Waals surface area contributed by atoms with E-state index in [9.17, 15) is 0 Å². The second-order valence-electron chi connectivity index (χ2n) is 6.42. The Labute approximate surface area is 138 Å². The normalized spacial score (nSPS) is 25.6. The van der Waals surface area contributed by atoms with Gasteiger partial charge in [-0.2, -0.15) is 0 Å². The van der Waals surface area contributed by atoms with E-state index in [1.54, 1.807) is 6.92 Å². The van der Waals surface area contributed by atoms with Crippen LogP contribution < -0.4 is 5.32 Å². The monoisotopic (exact) mass is 310 g/mol. The van der Waals surface area contributed by atoms with E-state index in [2.05, 4.69) is 52.9 Å². The number of aromatic nitrogens is 1. The third-order valence-corrected chi connectivity index (χ3v) is 4.87. The Kier molecular flexibility index (Phi) is 5.42. The minimum atomic E-state index is 0.250. The summed E-state index contributed by atoms with van der Waals surface area (Å²) >= 11 is 0. The van der Waals surface area contributed by atoms with Gasteiger partial charge in [0.25, 0.3) is 0 Å². The van der Waals surface area contributed by atoms with Crippen LogP contribution in [0.4, 0.5) is 0 Å². The third kappa shape index (κ3) is 3.80. The molecule has 1 aromatic heterocycles. The number of rotatable bonds is 2. The molecule has 0 amide bonds. The number of fused-ring (bicyclic) bond motifs is 3. The summed E-state index contributed by atoms with van der Waals surface area (Å²) in [4.78, 5) is 4.67. The van der Waals surface area contributed by atoms with Crippen molar-refractivity contribution < 1.29 is 5.11 Å². The van der Waals surface area contributed by atoms with Crippen molar-refractivity contribution in [1.29, 1.82) is 0 Å². The number of hydrogen-bond acceptors (Lipinski definition) is 3. The summed E-state index contributed by atoms with van der Waals surface area (Å²) in [6.45, 7) is 1.93. The molecule has 2 aromatic rings. The molecule has 1 aromatic carbocycles. The topological polar surface area (TPSA) is 45.1 Å². The molecular weight excluding hydrogens is 284 g/mol. The molecule has 122 valence electrons. The first kappa shape index (κ1) is 16.2. The van der Waals surface area contributed by atoms with Gasteiger partial charge in [-0.25, -0.2) is 0 Å². The quantitative estimate of drug-likeness (QED) is 0.883. The van der Waals surface area contributed by atoms with E-state index in [1.807, 2.05) is 6.07 Å². The highest BCUT2D eigenvalue weighted by Crippen LogP contribution is 2.40. The molecule has 0 spiro atoms.